The number of nitriles is 1. The lowest BCUT2D eigenvalue weighted by atomic mass is 10.0. The third kappa shape index (κ3) is 2.51. The molecule has 0 unspecified atom stereocenters. The summed E-state index contributed by atoms with van der Waals surface area (Å²) in [4.78, 5) is 10.9. The molecule has 21 heavy (non-hydrogen) atoms. The highest BCUT2D eigenvalue weighted by atomic mass is 32.1. The van der Waals surface area contributed by atoms with Crippen molar-refractivity contribution in [2.24, 2.45) is 0 Å². The highest BCUT2D eigenvalue weighted by molar-refractivity contribution is 7.17. The van der Waals surface area contributed by atoms with Crippen LogP contribution < -0.4 is 0 Å². The number of fused-ring (bicyclic) bond motifs is 1. The number of nitrogens with zero attached hydrogens (tertiary/aromatic N) is 1. The van der Waals surface area contributed by atoms with Gasteiger partial charge in [0.1, 0.15) is 0 Å². The summed E-state index contributed by atoms with van der Waals surface area (Å²) in [7, 11) is 0. The Morgan fingerprint density at radius 2 is 1.86 bits per heavy atom. The smallest absolute Gasteiger partial charge is 0.335 e. The first-order valence-electron chi connectivity index (χ1n) is 6.40. The SMILES string of the molecule is N#CCc1csc2ccc(-c3ccc(C(=O)O)cc3)cc12. The molecule has 1 heterocycles. The number of rotatable bonds is 3. The third-order valence-electron chi connectivity index (χ3n) is 3.39. The summed E-state index contributed by atoms with van der Waals surface area (Å²) in [6.07, 6.45) is 0.404. The van der Waals surface area contributed by atoms with Crippen LogP contribution in [0.25, 0.3) is 21.2 Å². The predicted molar refractivity (Wildman–Crippen MR) is 83.5 cm³/mol. The van der Waals surface area contributed by atoms with Crippen molar-refractivity contribution < 1.29 is 9.90 Å². The van der Waals surface area contributed by atoms with Crippen LogP contribution in [-0.4, -0.2) is 11.1 Å². The topological polar surface area (TPSA) is 61.1 Å². The van der Waals surface area contributed by atoms with Crippen LogP contribution in [0.5, 0.6) is 0 Å². The lowest BCUT2D eigenvalue weighted by Crippen LogP contribution is -1.94. The Morgan fingerprint density at radius 1 is 1.14 bits per heavy atom. The number of aromatic carboxylic acids is 1. The normalized spacial score (nSPS) is 10.4. The molecule has 0 radical (unpaired) electrons. The summed E-state index contributed by atoms with van der Waals surface area (Å²) in [5.41, 5.74) is 3.31. The molecular weight excluding hydrogens is 282 g/mol. The summed E-state index contributed by atoms with van der Waals surface area (Å²) in [5, 5.41) is 20.9. The number of hydrogen-bond acceptors (Lipinski definition) is 3. The Morgan fingerprint density at radius 3 is 2.52 bits per heavy atom. The first-order valence-corrected chi connectivity index (χ1v) is 7.28. The number of hydrogen-bond donors (Lipinski definition) is 1. The monoisotopic (exact) mass is 293 g/mol. The predicted octanol–water partition coefficient (Wildman–Crippen LogP) is 4.33. The molecule has 3 rings (SSSR count). The molecule has 1 N–H and O–H groups in total. The number of benzene rings is 2. The Labute approximate surface area is 125 Å². The highest BCUT2D eigenvalue weighted by Gasteiger charge is 2.07. The van der Waals surface area contributed by atoms with Gasteiger partial charge in [-0.05, 0) is 51.7 Å². The first kappa shape index (κ1) is 13.3. The molecule has 0 aliphatic rings. The molecule has 3 aromatic rings. The van der Waals surface area contributed by atoms with Crippen molar-refractivity contribution in [1.29, 1.82) is 5.26 Å². The highest BCUT2D eigenvalue weighted by Crippen LogP contribution is 2.31. The van der Waals surface area contributed by atoms with Gasteiger partial charge in [0.15, 0.2) is 0 Å². The van der Waals surface area contributed by atoms with Crippen molar-refractivity contribution in [1.82, 2.24) is 0 Å². The van der Waals surface area contributed by atoms with Gasteiger partial charge in [0, 0.05) is 4.70 Å². The number of carboxylic acid groups (broad SMARTS) is 1. The number of thiophene rings is 1. The average Bonchev–Trinajstić information content (AvgIpc) is 2.90. The molecular formula is C17H11NO2S. The van der Waals surface area contributed by atoms with E-state index in [1.54, 1.807) is 35.6 Å². The second kappa shape index (κ2) is 5.39. The Balaban J connectivity index is 2.05. The third-order valence-corrected chi connectivity index (χ3v) is 4.40. The minimum atomic E-state index is -0.925. The zero-order chi connectivity index (χ0) is 14.8. The minimum Gasteiger partial charge on any atom is -0.478 e. The fourth-order valence-electron chi connectivity index (χ4n) is 2.29. The van der Waals surface area contributed by atoms with Crippen molar-refractivity contribution in [3.8, 4) is 17.2 Å². The molecule has 0 atom stereocenters. The molecule has 0 saturated carbocycles. The molecule has 0 aliphatic heterocycles. The van der Waals surface area contributed by atoms with Crippen LogP contribution in [-0.2, 0) is 6.42 Å². The van der Waals surface area contributed by atoms with E-state index in [2.05, 4.69) is 12.1 Å². The van der Waals surface area contributed by atoms with Crippen LogP contribution in [0.15, 0.2) is 47.8 Å². The summed E-state index contributed by atoms with van der Waals surface area (Å²) >= 11 is 1.64. The maximum atomic E-state index is 10.9. The molecule has 0 amide bonds. The van der Waals surface area contributed by atoms with Gasteiger partial charge >= 0.3 is 5.97 Å². The van der Waals surface area contributed by atoms with Crippen molar-refractivity contribution in [2.45, 2.75) is 6.42 Å². The number of carbonyl (C=O) groups is 1. The zero-order valence-electron chi connectivity index (χ0n) is 11.0. The van der Waals surface area contributed by atoms with Gasteiger partial charge in [-0.1, -0.05) is 18.2 Å². The van der Waals surface area contributed by atoms with E-state index in [-0.39, 0.29) is 5.56 Å². The van der Waals surface area contributed by atoms with E-state index in [1.165, 1.54) is 0 Å². The largest absolute Gasteiger partial charge is 0.478 e. The molecule has 0 bridgehead atoms. The van der Waals surface area contributed by atoms with Crippen LogP contribution in [0.3, 0.4) is 0 Å². The molecule has 0 spiro atoms. The molecule has 0 fully saturated rings. The second-order valence-electron chi connectivity index (χ2n) is 4.69. The molecule has 102 valence electrons. The van der Waals surface area contributed by atoms with Crippen LogP contribution in [0, 0.1) is 11.3 Å². The van der Waals surface area contributed by atoms with Gasteiger partial charge in [0.25, 0.3) is 0 Å². The van der Waals surface area contributed by atoms with Gasteiger partial charge in [0.2, 0.25) is 0 Å². The van der Waals surface area contributed by atoms with Gasteiger partial charge in [0.05, 0.1) is 18.1 Å². The van der Waals surface area contributed by atoms with Gasteiger partial charge in [-0.3, -0.25) is 0 Å². The van der Waals surface area contributed by atoms with Crippen molar-refractivity contribution in [3.05, 3.63) is 59.0 Å². The van der Waals surface area contributed by atoms with E-state index in [0.29, 0.717) is 6.42 Å². The minimum absolute atomic E-state index is 0.278. The van der Waals surface area contributed by atoms with E-state index in [0.717, 1.165) is 26.8 Å². The summed E-state index contributed by atoms with van der Waals surface area (Å²) in [6.45, 7) is 0. The van der Waals surface area contributed by atoms with Crippen LogP contribution in [0.4, 0.5) is 0 Å². The molecule has 0 saturated heterocycles. The van der Waals surface area contributed by atoms with Gasteiger partial charge < -0.3 is 5.11 Å². The Hall–Kier alpha value is -2.64. The van der Waals surface area contributed by atoms with E-state index in [9.17, 15) is 4.79 Å². The average molecular weight is 293 g/mol. The molecule has 3 nitrogen and oxygen atoms in total. The zero-order valence-corrected chi connectivity index (χ0v) is 11.9. The fourth-order valence-corrected chi connectivity index (χ4v) is 3.23. The Bertz CT molecular complexity index is 857. The molecule has 4 heteroatoms. The van der Waals surface area contributed by atoms with E-state index in [1.807, 2.05) is 17.5 Å². The van der Waals surface area contributed by atoms with Gasteiger partial charge in [-0.15, -0.1) is 11.3 Å². The van der Waals surface area contributed by atoms with Crippen LogP contribution >= 0.6 is 11.3 Å². The van der Waals surface area contributed by atoms with Crippen molar-refractivity contribution in [3.63, 3.8) is 0 Å². The van der Waals surface area contributed by atoms with Crippen molar-refractivity contribution in [2.75, 3.05) is 0 Å². The molecule has 1 aromatic heterocycles. The van der Waals surface area contributed by atoms with Crippen LogP contribution in [0.2, 0.25) is 0 Å². The maximum absolute atomic E-state index is 10.9. The van der Waals surface area contributed by atoms with Crippen molar-refractivity contribution >= 4 is 27.4 Å². The maximum Gasteiger partial charge on any atom is 0.335 e. The van der Waals surface area contributed by atoms with E-state index in [4.69, 9.17) is 10.4 Å². The molecule has 0 aliphatic carbocycles. The number of carboxylic acids is 1. The summed E-state index contributed by atoms with van der Waals surface area (Å²) < 4.78 is 1.16. The first-order chi connectivity index (χ1) is 10.2. The molecule has 2 aromatic carbocycles. The summed E-state index contributed by atoms with van der Waals surface area (Å²) in [5.74, 6) is -0.925. The Kier molecular flexibility index (Phi) is 3.43. The van der Waals surface area contributed by atoms with Crippen LogP contribution in [0.1, 0.15) is 15.9 Å². The lowest BCUT2D eigenvalue weighted by molar-refractivity contribution is 0.0697. The summed E-state index contributed by atoms with van der Waals surface area (Å²) in [6, 6.07) is 15.1. The van der Waals surface area contributed by atoms with E-state index < -0.39 is 5.97 Å². The van der Waals surface area contributed by atoms with Gasteiger partial charge in [-0.2, -0.15) is 5.26 Å². The van der Waals surface area contributed by atoms with E-state index >= 15 is 0 Å². The second-order valence-corrected chi connectivity index (χ2v) is 5.60. The fraction of sp³-hybridized carbons (Fsp3) is 0.0588. The van der Waals surface area contributed by atoms with Gasteiger partial charge in [-0.25, -0.2) is 4.79 Å². The lowest BCUT2D eigenvalue weighted by Gasteiger charge is -2.03. The standard InChI is InChI=1S/C17H11NO2S/c18-8-7-14-10-21-16-6-5-13(9-15(14)16)11-1-3-12(4-2-11)17(19)20/h1-6,9-10H,7H2,(H,19,20). The quantitative estimate of drug-likeness (QED) is 0.781.